The molecule has 0 radical (unpaired) electrons. The van der Waals surface area contributed by atoms with E-state index < -0.39 is 24.0 Å². The fourth-order valence-electron chi connectivity index (χ4n) is 4.26. The van der Waals surface area contributed by atoms with Gasteiger partial charge in [0.2, 0.25) is 5.88 Å². The molecule has 0 spiro atoms. The van der Waals surface area contributed by atoms with Crippen LogP contribution in [0.1, 0.15) is 22.8 Å². The van der Waals surface area contributed by atoms with E-state index in [2.05, 4.69) is 20.6 Å². The molecule has 4 aromatic rings. The summed E-state index contributed by atoms with van der Waals surface area (Å²) < 4.78 is 31.4. The number of rotatable bonds is 6. The van der Waals surface area contributed by atoms with Crippen LogP contribution in [-0.2, 0) is 9.47 Å². The number of nitrogen functional groups attached to an aromatic ring is 1. The van der Waals surface area contributed by atoms with Gasteiger partial charge in [-0.15, -0.1) is 0 Å². The Kier molecular flexibility index (Phi) is 7.13. The van der Waals surface area contributed by atoms with Gasteiger partial charge in [0.1, 0.15) is 30.8 Å². The minimum atomic E-state index is -0.791. The molecule has 4 N–H and O–H groups in total. The number of carbonyl (C=O) groups excluding carboxylic acids is 2. The summed E-state index contributed by atoms with van der Waals surface area (Å²) in [6.07, 6.45) is 1.42. The van der Waals surface area contributed by atoms with Crippen molar-refractivity contribution in [1.82, 2.24) is 9.97 Å². The van der Waals surface area contributed by atoms with Crippen LogP contribution in [0.25, 0.3) is 21.9 Å². The lowest BCUT2D eigenvalue weighted by Gasteiger charge is -2.22. The summed E-state index contributed by atoms with van der Waals surface area (Å²) in [5.41, 5.74) is 8.76. The van der Waals surface area contributed by atoms with E-state index in [0.717, 1.165) is 5.56 Å². The number of benzene rings is 2. The third kappa shape index (κ3) is 5.37. The van der Waals surface area contributed by atoms with Gasteiger partial charge in [-0.3, -0.25) is 5.32 Å². The maximum Gasteiger partial charge on any atom is 0.413 e. The number of carbonyl (C=O) groups is 2. The standard InChI is InChI=1S/C28H26FN5O5/c1-15(14-38-27(35)17-6-4-3-5-7-17)39-28(36)34-22-11-18-10-19(23(29)24(30)21(18)13-32-22)20-12-33-26-25(16(20)2)31-8-9-37-26/h3-7,10-13,15,31H,8-9,14,30H2,1-2H3,(H,32,34,36). The molecule has 2 aromatic carbocycles. The van der Waals surface area contributed by atoms with Crippen molar-refractivity contribution >= 4 is 40.0 Å². The maximum atomic E-state index is 15.4. The van der Waals surface area contributed by atoms with Crippen molar-refractivity contribution in [3.05, 3.63) is 71.8 Å². The Bertz CT molecular complexity index is 1560. The molecule has 1 amide bonds. The van der Waals surface area contributed by atoms with Crippen molar-refractivity contribution in [3.8, 4) is 17.0 Å². The monoisotopic (exact) mass is 531 g/mol. The Morgan fingerprint density at radius 1 is 1.18 bits per heavy atom. The molecule has 1 aliphatic heterocycles. The molecule has 10 nitrogen and oxygen atoms in total. The van der Waals surface area contributed by atoms with E-state index in [1.807, 2.05) is 6.92 Å². The number of amides is 1. The van der Waals surface area contributed by atoms with Crippen molar-refractivity contribution in [1.29, 1.82) is 0 Å². The Morgan fingerprint density at radius 3 is 2.77 bits per heavy atom. The quantitative estimate of drug-likeness (QED) is 0.234. The summed E-state index contributed by atoms with van der Waals surface area (Å²) in [5.74, 6) is -0.468. The molecule has 0 saturated heterocycles. The molecule has 0 aliphatic carbocycles. The van der Waals surface area contributed by atoms with Crippen LogP contribution in [0.4, 0.5) is 26.4 Å². The number of hydrogen-bond acceptors (Lipinski definition) is 9. The first-order valence-corrected chi connectivity index (χ1v) is 12.3. The van der Waals surface area contributed by atoms with Crippen molar-refractivity contribution < 1.29 is 28.2 Å². The summed E-state index contributed by atoms with van der Waals surface area (Å²) in [6, 6.07) is 11.7. The second-order valence-corrected chi connectivity index (χ2v) is 9.00. The Hall–Kier alpha value is -4.93. The Balaban J connectivity index is 1.31. The normalized spacial score (nSPS) is 13.0. The molecule has 0 saturated carbocycles. The summed E-state index contributed by atoms with van der Waals surface area (Å²) >= 11 is 0. The van der Waals surface area contributed by atoms with E-state index in [4.69, 9.17) is 19.9 Å². The highest BCUT2D eigenvalue weighted by Gasteiger charge is 2.21. The molecule has 200 valence electrons. The van der Waals surface area contributed by atoms with Crippen LogP contribution in [0, 0.1) is 12.7 Å². The smallest absolute Gasteiger partial charge is 0.413 e. The summed E-state index contributed by atoms with van der Waals surface area (Å²) in [4.78, 5) is 33.0. The second kappa shape index (κ2) is 10.8. The minimum absolute atomic E-state index is 0.0701. The van der Waals surface area contributed by atoms with Gasteiger partial charge in [-0.25, -0.2) is 23.9 Å². The van der Waals surface area contributed by atoms with Crippen molar-refractivity contribution in [2.45, 2.75) is 20.0 Å². The van der Waals surface area contributed by atoms with Gasteiger partial charge in [0.15, 0.2) is 5.82 Å². The molecule has 2 aromatic heterocycles. The number of anilines is 3. The largest absolute Gasteiger partial charge is 0.474 e. The molecule has 39 heavy (non-hydrogen) atoms. The lowest BCUT2D eigenvalue weighted by molar-refractivity contribution is 0.0248. The number of ether oxygens (including phenoxy) is 3. The van der Waals surface area contributed by atoms with Crippen molar-refractivity contribution in [2.24, 2.45) is 0 Å². The van der Waals surface area contributed by atoms with E-state index >= 15 is 4.39 Å². The molecular weight excluding hydrogens is 505 g/mol. The number of esters is 1. The molecule has 0 bridgehead atoms. The van der Waals surface area contributed by atoms with Gasteiger partial charge in [0.05, 0.1) is 11.3 Å². The number of fused-ring (bicyclic) bond motifs is 2. The maximum absolute atomic E-state index is 15.4. The van der Waals surface area contributed by atoms with Crippen LogP contribution in [0.15, 0.2) is 54.9 Å². The Morgan fingerprint density at radius 2 is 1.97 bits per heavy atom. The van der Waals surface area contributed by atoms with Crippen molar-refractivity contribution in [2.75, 3.05) is 36.1 Å². The summed E-state index contributed by atoms with van der Waals surface area (Å²) in [5, 5.41) is 6.73. The fraction of sp³-hybridized carbons (Fsp3) is 0.214. The van der Waals surface area contributed by atoms with Crippen LogP contribution in [-0.4, -0.2) is 47.9 Å². The number of pyridine rings is 2. The first kappa shape index (κ1) is 25.7. The minimum Gasteiger partial charge on any atom is -0.474 e. The van der Waals surface area contributed by atoms with E-state index in [-0.39, 0.29) is 23.7 Å². The highest BCUT2D eigenvalue weighted by atomic mass is 19.1. The van der Waals surface area contributed by atoms with E-state index in [0.29, 0.717) is 46.6 Å². The van der Waals surface area contributed by atoms with E-state index in [1.165, 1.54) is 6.20 Å². The van der Waals surface area contributed by atoms with Gasteiger partial charge >= 0.3 is 12.1 Å². The van der Waals surface area contributed by atoms with Crippen LogP contribution in [0.5, 0.6) is 5.88 Å². The molecule has 1 aliphatic rings. The number of nitrogens with zero attached hydrogens (tertiary/aromatic N) is 2. The molecule has 5 rings (SSSR count). The highest BCUT2D eigenvalue weighted by molar-refractivity contribution is 5.99. The number of nitrogens with two attached hydrogens (primary N) is 1. The number of nitrogens with one attached hydrogen (secondary N) is 2. The van der Waals surface area contributed by atoms with Crippen molar-refractivity contribution in [3.63, 3.8) is 0 Å². The van der Waals surface area contributed by atoms with Gasteiger partial charge in [-0.2, -0.15) is 0 Å². The summed E-state index contributed by atoms with van der Waals surface area (Å²) in [6.45, 7) is 4.44. The molecule has 0 fully saturated rings. The van der Waals surface area contributed by atoms with Crippen LogP contribution >= 0.6 is 0 Å². The molecule has 11 heteroatoms. The average molecular weight is 532 g/mol. The van der Waals surface area contributed by atoms with Crippen LogP contribution < -0.4 is 21.1 Å². The van der Waals surface area contributed by atoms with Crippen LogP contribution in [0.3, 0.4) is 0 Å². The zero-order valence-electron chi connectivity index (χ0n) is 21.3. The number of aromatic nitrogens is 2. The topological polar surface area (TPSA) is 138 Å². The zero-order valence-corrected chi connectivity index (χ0v) is 21.3. The van der Waals surface area contributed by atoms with Gasteiger partial charge in [-0.05, 0) is 49.1 Å². The lowest BCUT2D eigenvalue weighted by atomic mass is 9.97. The number of hydrogen-bond donors (Lipinski definition) is 3. The zero-order chi connectivity index (χ0) is 27.5. The van der Waals surface area contributed by atoms with Crippen LogP contribution in [0.2, 0.25) is 0 Å². The Labute approximate surface area is 223 Å². The third-order valence-corrected chi connectivity index (χ3v) is 6.23. The second-order valence-electron chi connectivity index (χ2n) is 9.00. The molecule has 3 heterocycles. The molecule has 1 unspecified atom stereocenters. The van der Waals surface area contributed by atoms with Gasteiger partial charge < -0.3 is 25.3 Å². The number of halogens is 1. The predicted molar refractivity (Wildman–Crippen MR) is 144 cm³/mol. The third-order valence-electron chi connectivity index (χ3n) is 6.23. The van der Waals surface area contributed by atoms with Gasteiger partial charge in [0.25, 0.3) is 0 Å². The summed E-state index contributed by atoms with van der Waals surface area (Å²) in [7, 11) is 0. The molecule has 1 atom stereocenters. The van der Waals surface area contributed by atoms with Gasteiger partial charge in [-0.1, -0.05) is 18.2 Å². The molecular formula is C28H26FN5O5. The van der Waals surface area contributed by atoms with E-state index in [9.17, 15) is 9.59 Å². The first-order valence-electron chi connectivity index (χ1n) is 12.3. The first-order chi connectivity index (χ1) is 18.8. The average Bonchev–Trinajstić information content (AvgIpc) is 2.94. The predicted octanol–water partition coefficient (Wildman–Crippen LogP) is 4.92. The lowest BCUT2D eigenvalue weighted by Crippen LogP contribution is -2.25. The van der Waals surface area contributed by atoms with Gasteiger partial charge in [0, 0.05) is 35.5 Å². The fourth-order valence-corrected chi connectivity index (χ4v) is 4.26. The highest BCUT2D eigenvalue weighted by Crippen LogP contribution is 2.39. The SMILES string of the molecule is Cc1c(-c2cc3cc(NC(=O)OC(C)COC(=O)c4ccccc4)ncc3c(N)c2F)cnc2c1NCCO2. The van der Waals surface area contributed by atoms with E-state index in [1.54, 1.807) is 55.6 Å².